The fraction of sp³-hybridized carbons (Fsp3) is 0.176. The molecule has 124 valence electrons. The molecule has 0 aliphatic rings. The van der Waals surface area contributed by atoms with E-state index in [2.05, 4.69) is 10.3 Å². The van der Waals surface area contributed by atoms with Gasteiger partial charge in [-0.3, -0.25) is 4.79 Å². The largest absolute Gasteiger partial charge is 0.497 e. The van der Waals surface area contributed by atoms with Gasteiger partial charge in [0.05, 0.1) is 20.5 Å². The fourth-order valence-electron chi connectivity index (χ4n) is 2.16. The summed E-state index contributed by atoms with van der Waals surface area (Å²) in [5.41, 5.74) is 1.21. The van der Waals surface area contributed by atoms with Crippen molar-refractivity contribution in [3.05, 3.63) is 53.2 Å². The van der Waals surface area contributed by atoms with Crippen molar-refractivity contribution >= 4 is 17.2 Å². The van der Waals surface area contributed by atoms with Crippen LogP contribution in [-0.2, 0) is 6.54 Å². The molecule has 0 unspecified atom stereocenters. The number of hydrogen-bond donors (Lipinski definition) is 1. The molecule has 2 aromatic heterocycles. The summed E-state index contributed by atoms with van der Waals surface area (Å²) >= 11 is 1.36. The summed E-state index contributed by atoms with van der Waals surface area (Å²) < 4.78 is 15.8. The number of rotatable bonds is 6. The molecule has 0 saturated carbocycles. The second-order valence-electron chi connectivity index (χ2n) is 4.88. The minimum atomic E-state index is -0.248. The molecule has 0 atom stereocenters. The van der Waals surface area contributed by atoms with Crippen LogP contribution in [0.3, 0.4) is 0 Å². The van der Waals surface area contributed by atoms with Gasteiger partial charge in [0.25, 0.3) is 5.91 Å². The van der Waals surface area contributed by atoms with Gasteiger partial charge in [-0.2, -0.15) is 0 Å². The van der Waals surface area contributed by atoms with Crippen LogP contribution < -0.4 is 14.8 Å². The molecule has 3 rings (SSSR count). The van der Waals surface area contributed by atoms with E-state index in [1.807, 2.05) is 18.2 Å². The molecule has 1 N–H and O–H groups in total. The smallest absolute Gasteiger partial charge is 0.271 e. The van der Waals surface area contributed by atoms with Gasteiger partial charge in [0, 0.05) is 23.6 Å². The number of hydrogen-bond acceptors (Lipinski definition) is 6. The summed E-state index contributed by atoms with van der Waals surface area (Å²) in [7, 11) is 3.17. The predicted octanol–water partition coefficient (Wildman–Crippen LogP) is 3.35. The Morgan fingerprint density at radius 2 is 2.17 bits per heavy atom. The summed E-state index contributed by atoms with van der Waals surface area (Å²) in [6, 6.07) is 9.05. The normalized spacial score (nSPS) is 10.4. The lowest BCUT2D eigenvalue weighted by Crippen LogP contribution is -2.23. The first-order valence-electron chi connectivity index (χ1n) is 7.19. The molecule has 6 nitrogen and oxygen atoms in total. The van der Waals surface area contributed by atoms with Gasteiger partial charge < -0.3 is 19.2 Å². The number of carbonyl (C=O) groups is 1. The number of nitrogens with one attached hydrogen (secondary N) is 1. The molecule has 0 bridgehead atoms. The lowest BCUT2D eigenvalue weighted by atomic mass is 10.2. The quantitative estimate of drug-likeness (QED) is 0.742. The first-order chi connectivity index (χ1) is 11.7. The summed E-state index contributed by atoms with van der Waals surface area (Å²) in [5.74, 6) is 1.76. The minimum Gasteiger partial charge on any atom is -0.497 e. The van der Waals surface area contributed by atoms with Gasteiger partial charge in [0.1, 0.15) is 17.2 Å². The highest BCUT2D eigenvalue weighted by molar-refractivity contribution is 7.13. The van der Waals surface area contributed by atoms with Crippen molar-refractivity contribution in [3.63, 3.8) is 0 Å². The predicted molar refractivity (Wildman–Crippen MR) is 90.5 cm³/mol. The van der Waals surface area contributed by atoms with Crippen LogP contribution in [0.5, 0.6) is 11.5 Å². The van der Waals surface area contributed by atoms with Crippen molar-refractivity contribution in [1.82, 2.24) is 10.3 Å². The van der Waals surface area contributed by atoms with Crippen molar-refractivity contribution in [1.29, 1.82) is 0 Å². The zero-order chi connectivity index (χ0) is 16.9. The standard InChI is InChI=1S/C17H16N2O4S/c1-21-12-6-5-11(15(8-12)22-2)9-18-16(20)13-10-24-17(19-13)14-4-3-7-23-14/h3-8,10H,9H2,1-2H3,(H,18,20). The third-order valence-corrected chi connectivity index (χ3v) is 4.26. The summed E-state index contributed by atoms with van der Waals surface area (Å²) in [6.07, 6.45) is 1.58. The first-order valence-corrected chi connectivity index (χ1v) is 8.07. The number of carbonyl (C=O) groups excluding carboxylic acids is 1. The zero-order valence-corrected chi connectivity index (χ0v) is 14.1. The number of aromatic nitrogens is 1. The Morgan fingerprint density at radius 3 is 2.88 bits per heavy atom. The Labute approximate surface area is 143 Å². The molecule has 0 radical (unpaired) electrons. The summed E-state index contributed by atoms with van der Waals surface area (Å²) in [5, 5.41) is 5.22. The molecule has 0 spiro atoms. The fourth-order valence-corrected chi connectivity index (χ4v) is 2.92. The summed E-state index contributed by atoms with van der Waals surface area (Å²) in [4.78, 5) is 16.6. The van der Waals surface area contributed by atoms with Crippen molar-refractivity contribution in [3.8, 4) is 22.3 Å². The minimum absolute atomic E-state index is 0.248. The molecule has 0 saturated heterocycles. The van der Waals surface area contributed by atoms with Crippen molar-refractivity contribution in [2.24, 2.45) is 0 Å². The Kier molecular flexibility index (Phi) is 4.81. The van der Waals surface area contributed by atoms with Gasteiger partial charge in [0.15, 0.2) is 10.8 Å². The highest BCUT2D eigenvalue weighted by atomic mass is 32.1. The molecule has 0 fully saturated rings. The van der Waals surface area contributed by atoms with Crippen LogP contribution in [0.15, 0.2) is 46.4 Å². The highest BCUT2D eigenvalue weighted by Crippen LogP contribution is 2.25. The Hall–Kier alpha value is -2.80. The molecular weight excluding hydrogens is 328 g/mol. The van der Waals surface area contributed by atoms with Gasteiger partial charge in [0.2, 0.25) is 0 Å². The molecule has 1 aromatic carbocycles. The Balaban J connectivity index is 1.68. The second kappa shape index (κ2) is 7.18. The Morgan fingerprint density at radius 1 is 1.29 bits per heavy atom. The van der Waals surface area contributed by atoms with Gasteiger partial charge >= 0.3 is 0 Å². The van der Waals surface area contributed by atoms with E-state index in [1.165, 1.54) is 11.3 Å². The maximum absolute atomic E-state index is 12.3. The summed E-state index contributed by atoms with van der Waals surface area (Å²) in [6.45, 7) is 0.333. The lowest BCUT2D eigenvalue weighted by molar-refractivity contribution is 0.0946. The van der Waals surface area contributed by atoms with Crippen molar-refractivity contribution in [2.75, 3.05) is 14.2 Å². The zero-order valence-electron chi connectivity index (χ0n) is 13.2. The van der Waals surface area contributed by atoms with Crippen LogP contribution in [0.25, 0.3) is 10.8 Å². The van der Waals surface area contributed by atoms with Crippen molar-refractivity contribution in [2.45, 2.75) is 6.54 Å². The van der Waals surface area contributed by atoms with Crippen molar-refractivity contribution < 1.29 is 18.7 Å². The van der Waals surface area contributed by atoms with E-state index in [-0.39, 0.29) is 5.91 Å². The van der Waals surface area contributed by atoms with E-state index >= 15 is 0 Å². The van der Waals surface area contributed by atoms with Crippen LogP contribution in [0.1, 0.15) is 16.1 Å². The Bertz CT molecular complexity index is 827. The lowest BCUT2D eigenvalue weighted by Gasteiger charge is -2.10. The number of thiazole rings is 1. The third-order valence-electron chi connectivity index (χ3n) is 3.40. The number of amides is 1. The molecule has 0 aliphatic heterocycles. The van der Waals surface area contributed by atoms with Crippen LogP contribution in [0.2, 0.25) is 0 Å². The van der Waals surface area contributed by atoms with Gasteiger partial charge in [-0.25, -0.2) is 4.98 Å². The van der Waals surface area contributed by atoms with Crippen LogP contribution in [0.4, 0.5) is 0 Å². The first kappa shape index (κ1) is 16.1. The van der Waals surface area contributed by atoms with Gasteiger partial charge in [-0.05, 0) is 24.3 Å². The average Bonchev–Trinajstić information content (AvgIpc) is 3.30. The molecule has 24 heavy (non-hydrogen) atoms. The molecule has 1 amide bonds. The van der Waals surface area contributed by atoms with E-state index in [9.17, 15) is 4.79 Å². The number of furan rings is 1. The molecule has 3 aromatic rings. The molecule has 2 heterocycles. The number of benzene rings is 1. The monoisotopic (exact) mass is 344 g/mol. The van der Waals surface area contributed by atoms with Crippen LogP contribution >= 0.6 is 11.3 Å². The number of methoxy groups -OCH3 is 2. The maximum atomic E-state index is 12.3. The SMILES string of the molecule is COc1ccc(CNC(=O)c2csc(-c3ccco3)n2)c(OC)c1. The third kappa shape index (κ3) is 3.41. The highest BCUT2D eigenvalue weighted by Gasteiger charge is 2.14. The molecular formula is C17H16N2O4S. The maximum Gasteiger partial charge on any atom is 0.271 e. The van der Waals surface area contributed by atoms with E-state index in [4.69, 9.17) is 13.9 Å². The second-order valence-corrected chi connectivity index (χ2v) is 5.73. The van der Waals surface area contributed by atoms with Gasteiger partial charge in [-0.1, -0.05) is 0 Å². The van der Waals surface area contributed by atoms with Crippen LogP contribution in [-0.4, -0.2) is 25.1 Å². The number of ether oxygens (including phenoxy) is 2. The topological polar surface area (TPSA) is 73.6 Å². The molecule has 0 aliphatic carbocycles. The van der Waals surface area contributed by atoms with E-state index < -0.39 is 0 Å². The molecule has 7 heteroatoms. The average molecular weight is 344 g/mol. The van der Waals surface area contributed by atoms with E-state index in [0.717, 1.165) is 5.56 Å². The van der Waals surface area contributed by atoms with E-state index in [0.29, 0.717) is 34.5 Å². The number of nitrogens with zero attached hydrogens (tertiary/aromatic N) is 1. The van der Waals surface area contributed by atoms with Crippen LogP contribution in [0, 0.1) is 0 Å². The van der Waals surface area contributed by atoms with Gasteiger partial charge in [-0.15, -0.1) is 11.3 Å². The van der Waals surface area contributed by atoms with E-state index in [1.54, 1.807) is 38.0 Å².